The number of ether oxygens (including phenoxy) is 1. The van der Waals surface area contributed by atoms with Crippen molar-refractivity contribution in [1.29, 1.82) is 0 Å². The molecule has 1 aliphatic rings. The standard InChI is InChI=1S/C16H27NO4Si/c1-14(22(18-2,19-3)20-4)12-15-6-5-7-16(13-15)17-8-10-21-11-9-17/h5-7,13-14H,8-12H2,1-4H3. The monoisotopic (exact) mass is 325 g/mol. The fraction of sp³-hybridized carbons (Fsp3) is 0.625. The normalized spacial score (nSPS) is 17.5. The lowest BCUT2D eigenvalue weighted by Gasteiger charge is -2.31. The van der Waals surface area contributed by atoms with Crippen LogP contribution < -0.4 is 4.90 Å². The molecule has 0 spiro atoms. The lowest BCUT2D eigenvalue weighted by molar-refractivity contribution is 0.113. The van der Waals surface area contributed by atoms with Crippen LogP contribution >= 0.6 is 0 Å². The van der Waals surface area contributed by atoms with Crippen molar-refractivity contribution >= 4 is 14.5 Å². The Labute approximate surface area is 134 Å². The van der Waals surface area contributed by atoms with Crippen LogP contribution in [0.4, 0.5) is 5.69 Å². The summed E-state index contributed by atoms with van der Waals surface area (Å²) in [5.41, 5.74) is 2.74. The van der Waals surface area contributed by atoms with Gasteiger partial charge >= 0.3 is 8.80 Å². The molecule has 1 heterocycles. The van der Waals surface area contributed by atoms with Gasteiger partial charge in [-0.25, -0.2) is 0 Å². The molecule has 1 aromatic rings. The van der Waals surface area contributed by atoms with Crippen LogP contribution in [0.5, 0.6) is 0 Å². The molecule has 5 nitrogen and oxygen atoms in total. The zero-order valence-electron chi connectivity index (χ0n) is 14.0. The van der Waals surface area contributed by atoms with Crippen molar-refractivity contribution in [2.75, 3.05) is 52.5 Å². The van der Waals surface area contributed by atoms with Gasteiger partial charge in [-0.15, -0.1) is 0 Å². The van der Waals surface area contributed by atoms with Crippen molar-refractivity contribution in [3.05, 3.63) is 29.8 Å². The summed E-state index contributed by atoms with van der Waals surface area (Å²) in [6, 6.07) is 8.68. The molecule has 6 heteroatoms. The number of nitrogens with zero attached hydrogens (tertiary/aromatic N) is 1. The van der Waals surface area contributed by atoms with E-state index in [0.29, 0.717) is 0 Å². The Kier molecular flexibility index (Phi) is 6.40. The lowest BCUT2D eigenvalue weighted by atomic mass is 10.1. The highest BCUT2D eigenvalue weighted by atomic mass is 28.4. The molecule has 0 radical (unpaired) electrons. The second-order valence-electron chi connectivity index (χ2n) is 5.59. The van der Waals surface area contributed by atoms with Gasteiger partial charge in [0.05, 0.1) is 13.2 Å². The first kappa shape index (κ1) is 17.4. The Bertz CT molecular complexity index is 453. The molecule has 0 N–H and O–H groups in total. The minimum Gasteiger partial charge on any atom is -0.378 e. The minimum atomic E-state index is -2.59. The van der Waals surface area contributed by atoms with Gasteiger partial charge in [0.25, 0.3) is 0 Å². The molecular weight excluding hydrogens is 298 g/mol. The quantitative estimate of drug-likeness (QED) is 0.720. The lowest BCUT2D eigenvalue weighted by Crippen LogP contribution is -2.47. The van der Waals surface area contributed by atoms with E-state index < -0.39 is 8.80 Å². The van der Waals surface area contributed by atoms with Crippen LogP contribution in [-0.2, 0) is 24.4 Å². The molecule has 0 amide bonds. The van der Waals surface area contributed by atoms with Gasteiger partial charge in [-0.05, 0) is 24.1 Å². The molecule has 0 aromatic heterocycles. The molecule has 0 saturated carbocycles. The van der Waals surface area contributed by atoms with E-state index in [9.17, 15) is 0 Å². The van der Waals surface area contributed by atoms with E-state index in [-0.39, 0.29) is 5.54 Å². The average Bonchev–Trinajstić information content (AvgIpc) is 2.58. The molecule has 1 fully saturated rings. The van der Waals surface area contributed by atoms with Gasteiger partial charge < -0.3 is 22.9 Å². The van der Waals surface area contributed by atoms with E-state index in [0.717, 1.165) is 32.7 Å². The molecule has 1 unspecified atom stereocenters. The summed E-state index contributed by atoms with van der Waals surface area (Å²) in [4.78, 5) is 2.37. The third-order valence-electron chi connectivity index (χ3n) is 4.29. The molecule has 22 heavy (non-hydrogen) atoms. The van der Waals surface area contributed by atoms with Crippen LogP contribution in [0.2, 0.25) is 5.54 Å². The van der Waals surface area contributed by atoms with E-state index in [1.807, 2.05) is 0 Å². The summed E-state index contributed by atoms with van der Waals surface area (Å²) >= 11 is 0. The smallest absolute Gasteiger partial charge is 0.378 e. The number of hydrogen-bond acceptors (Lipinski definition) is 5. The second kappa shape index (κ2) is 8.08. The highest BCUT2D eigenvalue weighted by molar-refractivity contribution is 6.62. The molecule has 1 aliphatic heterocycles. The highest BCUT2D eigenvalue weighted by Crippen LogP contribution is 2.29. The number of benzene rings is 1. The zero-order valence-corrected chi connectivity index (χ0v) is 15.0. The predicted molar refractivity (Wildman–Crippen MR) is 89.4 cm³/mol. The summed E-state index contributed by atoms with van der Waals surface area (Å²) in [6.07, 6.45) is 0.875. The van der Waals surface area contributed by atoms with E-state index >= 15 is 0 Å². The largest absolute Gasteiger partial charge is 0.503 e. The minimum absolute atomic E-state index is 0.201. The fourth-order valence-electron chi connectivity index (χ4n) is 3.03. The zero-order chi connectivity index (χ0) is 16.0. The van der Waals surface area contributed by atoms with E-state index in [1.165, 1.54) is 11.3 Å². The average molecular weight is 325 g/mol. The Morgan fingerprint density at radius 1 is 1.14 bits per heavy atom. The predicted octanol–water partition coefficient (Wildman–Crippen LogP) is 2.33. The fourth-order valence-corrected chi connectivity index (χ4v) is 5.23. The number of morpholine rings is 1. The molecule has 0 bridgehead atoms. The van der Waals surface area contributed by atoms with Crippen molar-refractivity contribution in [2.45, 2.75) is 18.9 Å². The van der Waals surface area contributed by atoms with Gasteiger partial charge in [0, 0.05) is 45.6 Å². The van der Waals surface area contributed by atoms with Crippen LogP contribution in [0.1, 0.15) is 12.5 Å². The van der Waals surface area contributed by atoms with Crippen LogP contribution in [0, 0.1) is 0 Å². The molecule has 124 valence electrons. The van der Waals surface area contributed by atoms with Crippen LogP contribution in [0.25, 0.3) is 0 Å². The first-order chi connectivity index (χ1) is 10.6. The van der Waals surface area contributed by atoms with Gasteiger partial charge in [0.15, 0.2) is 0 Å². The number of anilines is 1. The van der Waals surface area contributed by atoms with Crippen LogP contribution in [-0.4, -0.2) is 56.4 Å². The summed E-state index contributed by atoms with van der Waals surface area (Å²) in [5.74, 6) is 0. The van der Waals surface area contributed by atoms with Crippen molar-refractivity contribution < 1.29 is 18.0 Å². The van der Waals surface area contributed by atoms with Crippen LogP contribution in [0.3, 0.4) is 0 Å². The van der Waals surface area contributed by atoms with E-state index in [1.54, 1.807) is 21.3 Å². The molecule has 0 aliphatic carbocycles. The third kappa shape index (κ3) is 3.88. The maximum Gasteiger partial charge on any atom is 0.503 e. The Balaban J connectivity index is 2.09. The molecule has 1 aromatic carbocycles. The summed E-state index contributed by atoms with van der Waals surface area (Å²) in [6.45, 7) is 5.63. The Morgan fingerprint density at radius 3 is 2.36 bits per heavy atom. The first-order valence-electron chi connectivity index (χ1n) is 7.72. The van der Waals surface area contributed by atoms with E-state index in [2.05, 4.69) is 36.1 Å². The van der Waals surface area contributed by atoms with Gasteiger partial charge in [0.2, 0.25) is 0 Å². The number of rotatable bonds is 7. The maximum atomic E-state index is 5.58. The van der Waals surface area contributed by atoms with Crippen LogP contribution in [0.15, 0.2) is 24.3 Å². The summed E-state index contributed by atoms with van der Waals surface area (Å²) in [5, 5.41) is 0. The third-order valence-corrected chi connectivity index (χ3v) is 7.40. The Hall–Kier alpha value is -0.923. The van der Waals surface area contributed by atoms with Crippen molar-refractivity contribution in [1.82, 2.24) is 0 Å². The topological polar surface area (TPSA) is 40.2 Å². The molecule has 2 rings (SSSR count). The molecular formula is C16H27NO4Si. The van der Waals surface area contributed by atoms with Gasteiger partial charge in [0.1, 0.15) is 0 Å². The van der Waals surface area contributed by atoms with Gasteiger partial charge in [-0.2, -0.15) is 0 Å². The maximum absolute atomic E-state index is 5.58. The Morgan fingerprint density at radius 2 is 1.77 bits per heavy atom. The summed E-state index contributed by atoms with van der Waals surface area (Å²) in [7, 11) is 2.41. The number of hydrogen-bond donors (Lipinski definition) is 0. The molecule has 1 atom stereocenters. The second-order valence-corrected chi connectivity index (χ2v) is 9.01. The van der Waals surface area contributed by atoms with Gasteiger partial charge in [-0.1, -0.05) is 19.1 Å². The van der Waals surface area contributed by atoms with Crippen molar-refractivity contribution in [3.63, 3.8) is 0 Å². The van der Waals surface area contributed by atoms with Crippen molar-refractivity contribution in [3.8, 4) is 0 Å². The van der Waals surface area contributed by atoms with E-state index in [4.69, 9.17) is 18.0 Å². The first-order valence-corrected chi connectivity index (χ1v) is 9.52. The van der Waals surface area contributed by atoms with Crippen molar-refractivity contribution in [2.24, 2.45) is 0 Å². The molecule has 1 saturated heterocycles. The SMILES string of the molecule is CO[Si](OC)(OC)C(C)Cc1cccc(N2CCOCC2)c1. The highest BCUT2D eigenvalue weighted by Gasteiger charge is 2.44. The van der Waals surface area contributed by atoms with Gasteiger partial charge in [-0.3, -0.25) is 0 Å². The summed E-state index contributed by atoms with van der Waals surface area (Å²) < 4.78 is 22.2.